The molecule has 0 bridgehead atoms. The molecule has 0 aromatic carbocycles. The van der Waals surface area contributed by atoms with E-state index in [4.69, 9.17) is 0 Å². The predicted molar refractivity (Wildman–Crippen MR) is 37.8 cm³/mol. The Hall–Kier alpha value is -0.660. The Balaban J connectivity index is 0.000000222. The standard InChI is InChI=1S/C4H6N2.C2H6/c1-4-5-2-3-6-4;1-2/h2H,3H2,1H3;1-2H3. The third kappa shape index (κ3) is 2.50. The van der Waals surface area contributed by atoms with Crippen molar-refractivity contribution in [1.29, 1.82) is 0 Å². The van der Waals surface area contributed by atoms with Crippen LogP contribution in [0.5, 0.6) is 0 Å². The molecule has 8 heavy (non-hydrogen) atoms. The number of nitrogens with zero attached hydrogens (tertiary/aromatic N) is 2. The molecule has 0 fully saturated rings. The average Bonchev–Trinajstić information content (AvgIpc) is 2.24. The second-order valence-corrected chi connectivity index (χ2v) is 1.20. The fourth-order valence-electron chi connectivity index (χ4n) is 0.387. The van der Waals surface area contributed by atoms with E-state index in [0.29, 0.717) is 0 Å². The van der Waals surface area contributed by atoms with E-state index >= 15 is 0 Å². The van der Waals surface area contributed by atoms with E-state index in [2.05, 4.69) is 9.98 Å². The summed E-state index contributed by atoms with van der Waals surface area (Å²) in [5, 5.41) is 0. The monoisotopic (exact) mass is 112 g/mol. The molecule has 0 N–H and O–H groups in total. The highest BCUT2D eigenvalue weighted by Gasteiger charge is 1.87. The largest absolute Gasteiger partial charge is 0.265 e. The summed E-state index contributed by atoms with van der Waals surface area (Å²) in [7, 11) is 0. The highest BCUT2D eigenvalue weighted by atomic mass is 15.0. The van der Waals surface area contributed by atoms with Crippen LogP contribution in [-0.2, 0) is 0 Å². The molecule has 0 unspecified atom stereocenters. The average molecular weight is 112 g/mol. The van der Waals surface area contributed by atoms with Gasteiger partial charge < -0.3 is 0 Å². The van der Waals surface area contributed by atoms with Crippen LogP contribution in [-0.4, -0.2) is 18.6 Å². The molecule has 0 aromatic heterocycles. The van der Waals surface area contributed by atoms with Crippen LogP contribution in [0.25, 0.3) is 0 Å². The van der Waals surface area contributed by atoms with Crippen LogP contribution in [0.15, 0.2) is 9.98 Å². The smallest absolute Gasteiger partial charge is 0.120 e. The topological polar surface area (TPSA) is 24.7 Å². The first kappa shape index (κ1) is 7.34. The third-order valence-electron chi connectivity index (χ3n) is 0.680. The van der Waals surface area contributed by atoms with Crippen LogP contribution in [0.3, 0.4) is 0 Å². The van der Waals surface area contributed by atoms with Crippen molar-refractivity contribution in [1.82, 2.24) is 0 Å². The Morgan fingerprint density at radius 2 is 2.12 bits per heavy atom. The summed E-state index contributed by atoms with van der Waals surface area (Å²) in [5.74, 6) is 0.898. The maximum Gasteiger partial charge on any atom is 0.120 e. The van der Waals surface area contributed by atoms with Crippen LogP contribution in [0.4, 0.5) is 0 Å². The molecule has 2 nitrogen and oxygen atoms in total. The molecule has 2 heteroatoms. The minimum absolute atomic E-state index is 0.784. The SMILES string of the molecule is CC.CC1=NCC=N1. The number of aliphatic imine (C=N–C) groups is 2. The van der Waals surface area contributed by atoms with Crippen molar-refractivity contribution in [3.05, 3.63) is 0 Å². The van der Waals surface area contributed by atoms with Gasteiger partial charge >= 0.3 is 0 Å². The summed E-state index contributed by atoms with van der Waals surface area (Å²) in [6, 6.07) is 0. The lowest BCUT2D eigenvalue weighted by molar-refractivity contribution is 1.35. The zero-order chi connectivity index (χ0) is 6.41. The second-order valence-electron chi connectivity index (χ2n) is 1.20. The molecule has 46 valence electrons. The summed E-state index contributed by atoms with van der Waals surface area (Å²) in [6.45, 7) is 6.68. The number of amidine groups is 1. The first-order valence-corrected chi connectivity index (χ1v) is 2.93. The zero-order valence-corrected chi connectivity index (χ0v) is 5.68. The fourth-order valence-corrected chi connectivity index (χ4v) is 0.387. The molecule has 1 aliphatic heterocycles. The van der Waals surface area contributed by atoms with Gasteiger partial charge in [-0.05, 0) is 6.92 Å². The van der Waals surface area contributed by atoms with Gasteiger partial charge in [0.25, 0.3) is 0 Å². The normalized spacial score (nSPS) is 14.6. The zero-order valence-electron chi connectivity index (χ0n) is 5.68. The first-order valence-electron chi connectivity index (χ1n) is 2.93. The molecule has 0 atom stereocenters. The van der Waals surface area contributed by atoms with Gasteiger partial charge in [0.1, 0.15) is 5.84 Å². The molecule has 0 amide bonds. The van der Waals surface area contributed by atoms with Gasteiger partial charge in [-0.2, -0.15) is 0 Å². The Morgan fingerprint density at radius 3 is 2.25 bits per heavy atom. The Kier molecular flexibility index (Phi) is 4.13. The molecule has 1 aliphatic rings. The van der Waals surface area contributed by atoms with E-state index in [-0.39, 0.29) is 0 Å². The Bertz CT molecular complexity index is 100. The molecule has 1 rings (SSSR count). The van der Waals surface area contributed by atoms with Gasteiger partial charge in [0.05, 0.1) is 6.54 Å². The highest BCUT2D eigenvalue weighted by Crippen LogP contribution is 1.84. The molecular formula is C6H12N2. The molecule has 0 saturated carbocycles. The van der Waals surface area contributed by atoms with Crippen molar-refractivity contribution >= 4 is 12.1 Å². The first-order chi connectivity index (χ1) is 3.89. The van der Waals surface area contributed by atoms with Gasteiger partial charge in [0.2, 0.25) is 0 Å². The van der Waals surface area contributed by atoms with Crippen LogP contribution >= 0.6 is 0 Å². The molecule has 0 radical (unpaired) electrons. The van der Waals surface area contributed by atoms with E-state index in [1.807, 2.05) is 20.8 Å². The lowest BCUT2D eigenvalue weighted by atomic mass is 10.7. The lowest BCUT2D eigenvalue weighted by Crippen LogP contribution is -1.73. The van der Waals surface area contributed by atoms with Gasteiger partial charge in [0, 0.05) is 6.21 Å². The summed E-state index contributed by atoms with van der Waals surface area (Å²) in [4.78, 5) is 7.79. The molecular weight excluding hydrogens is 100 g/mol. The summed E-state index contributed by atoms with van der Waals surface area (Å²) >= 11 is 0. The van der Waals surface area contributed by atoms with E-state index in [1.54, 1.807) is 6.21 Å². The second kappa shape index (κ2) is 4.50. The van der Waals surface area contributed by atoms with E-state index in [1.165, 1.54) is 0 Å². The predicted octanol–water partition coefficient (Wildman–Crippen LogP) is 1.52. The van der Waals surface area contributed by atoms with Crippen molar-refractivity contribution < 1.29 is 0 Å². The van der Waals surface area contributed by atoms with E-state index < -0.39 is 0 Å². The Morgan fingerprint density at radius 1 is 1.50 bits per heavy atom. The lowest BCUT2D eigenvalue weighted by Gasteiger charge is -1.71. The molecule has 0 saturated heterocycles. The van der Waals surface area contributed by atoms with Crippen molar-refractivity contribution in [2.24, 2.45) is 9.98 Å². The number of hydrogen-bond donors (Lipinski definition) is 0. The molecule has 0 aromatic rings. The van der Waals surface area contributed by atoms with E-state index in [0.717, 1.165) is 12.4 Å². The van der Waals surface area contributed by atoms with Gasteiger partial charge in [-0.3, -0.25) is 4.99 Å². The van der Waals surface area contributed by atoms with Crippen LogP contribution in [0, 0.1) is 0 Å². The van der Waals surface area contributed by atoms with Gasteiger partial charge in [-0.25, -0.2) is 4.99 Å². The minimum atomic E-state index is 0.784. The maximum atomic E-state index is 3.93. The summed E-state index contributed by atoms with van der Waals surface area (Å²) < 4.78 is 0. The Labute approximate surface area is 50.4 Å². The summed E-state index contributed by atoms with van der Waals surface area (Å²) in [6.07, 6.45) is 1.80. The van der Waals surface area contributed by atoms with Crippen LogP contribution in [0.2, 0.25) is 0 Å². The molecule has 0 spiro atoms. The summed E-state index contributed by atoms with van der Waals surface area (Å²) in [5.41, 5.74) is 0. The quantitative estimate of drug-likeness (QED) is 0.454. The van der Waals surface area contributed by atoms with Crippen LogP contribution < -0.4 is 0 Å². The van der Waals surface area contributed by atoms with Gasteiger partial charge in [0.15, 0.2) is 0 Å². The highest BCUT2D eigenvalue weighted by molar-refractivity contribution is 5.92. The van der Waals surface area contributed by atoms with Gasteiger partial charge in [-0.15, -0.1) is 0 Å². The van der Waals surface area contributed by atoms with Crippen LogP contribution in [0.1, 0.15) is 20.8 Å². The van der Waals surface area contributed by atoms with E-state index in [9.17, 15) is 0 Å². The minimum Gasteiger partial charge on any atom is -0.265 e. The number of hydrogen-bond acceptors (Lipinski definition) is 2. The molecule has 0 aliphatic carbocycles. The van der Waals surface area contributed by atoms with Crippen molar-refractivity contribution in [3.8, 4) is 0 Å². The molecule has 1 heterocycles. The third-order valence-corrected chi connectivity index (χ3v) is 0.680. The van der Waals surface area contributed by atoms with Crippen molar-refractivity contribution in [3.63, 3.8) is 0 Å². The number of rotatable bonds is 0. The van der Waals surface area contributed by atoms with Crippen molar-refractivity contribution in [2.45, 2.75) is 20.8 Å². The maximum absolute atomic E-state index is 3.93. The fraction of sp³-hybridized carbons (Fsp3) is 0.667. The van der Waals surface area contributed by atoms with Crippen molar-refractivity contribution in [2.75, 3.05) is 6.54 Å². The van der Waals surface area contributed by atoms with Gasteiger partial charge in [-0.1, -0.05) is 13.8 Å².